The van der Waals surface area contributed by atoms with E-state index in [1.165, 1.54) is 19.2 Å². The molecule has 0 aliphatic rings. The number of benzene rings is 1. The second-order valence-electron chi connectivity index (χ2n) is 6.39. The Morgan fingerprint density at radius 1 is 1.30 bits per heavy atom. The van der Waals surface area contributed by atoms with Crippen molar-refractivity contribution in [3.63, 3.8) is 0 Å². The van der Waals surface area contributed by atoms with Crippen molar-refractivity contribution in [1.82, 2.24) is 5.32 Å². The third kappa shape index (κ3) is 5.33. The van der Waals surface area contributed by atoms with Gasteiger partial charge in [-0.1, -0.05) is 6.07 Å². The number of amides is 2. The maximum Gasteiger partial charge on any atom is 0.341 e. The van der Waals surface area contributed by atoms with Crippen LogP contribution in [0.5, 0.6) is 5.75 Å². The summed E-state index contributed by atoms with van der Waals surface area (Å²) < 4.78 is 23.8. The van der Waals surface area contributed by atoms with Crippen LogP contribution in [0.4, 0.5) is 9.39 Å². The maximum atomic E-state index is 13.9. The Morgan fingerprint density at radius 3 is 2.57 bits per heavy atom. The van der Waals surface area contributed by atoms with E-state index in [0.717, 1.165) is 11.3 Å². The summed E-state index contributed by atoms with van der Waals surface area (Å²) in [6, 6.07) is 4.20. The molecular formula is C20H24FN3O5S. The predicted octanol–water partition coefficient (Wildman–Crippen LogP) is 2.77. The van der Waals surface area contributed by atoms with Crippen LogP contribution in [0.15, 0.2) is 18.2 Å². The number of methoxy groups -OCH3 is 1. The van der Waals surface area contributed by atoms with Crippen molar-refractivity contribution in [2.75, 3.05) is 25.6 Å². The molecule has 0 aliphatic carbocycles. The number of anilines is 1. The summed E-state index contributed by atoms with van der Waals surface area (Å²) in [5.41, 5.74) is 6.45. The number of hydrogen-bond acceptors (Lipinski definition) is 7. The van der Waals surface area contributed by atoms with Crippen molar-refractivity contribution in [1.29, 1.82) is 0 Å². The molecule has 30 heavy (non-hydrogen) atoms. The second kappa shape index (κ2) is 10.2. The molecule has 162 valence electrons. The number of carbonyl (C=O) groups is 3. The van der Waals surface area contributed by atoms with Crippen LogP contribution in [0, 0.1) is 12.7 Å². The van der Waals surface area contributed by atoms with Crippen LogP contribution in [-0.2, 0) is 9.53 Å². The van der Waals surface area contributed by atoms with Gasteiger partial charge in [0.05, 0.1) is 30.7 Å². The Labute approximate surface area is 177 Å². The predicted molar refractivity (Wildman–Crippen MR) is 112 cm³/mol. The van der Waals surface area contributed by atoms with Gasteiger partial charge in [-0.25, -0.2) is 9.18 Å². The Hall–Kier alpha value is -2.98. The number of halogens is 1. The standard InChI is InChI=1S/C20H24FN3O5S/c1-5-29-20(27)16-10(2)17(18(22)26)30-19(16)24-15(25)9-23-11(3)12-6-7-14(28-4)13(21)8-12/h6-8,11,23H,5,9H2,1-4H3,(H2,22,26)(H,24,25). The first-order chi connectivity index (χ1) is 14.2. The smallest absolute Gasteiger partial charge is 0.341 e. The van der Waals surface area contributed by atoms with Crippen LogP contribution < -0.4 is 21.1 Å². The van der Waals surface area contributed by atoms with Gasteiger partial charge in [0, 0.05) is 6.04 Å². The Bertz CT molecular complexity index is 960. The topological polar surface area (TPSA) is 120 Å². The molecule has 0 spiro atoms. The molecule has 1 aromatic carbocycles. The number of nitrogens with two attached hydrogens (primary N) is 1. The highest BCUT2D eigenvalue weighted by molar-refractivity contribution is 7.18. The molecule has 1 aromatic heterocycles. The van der Waals surface area contributed by atoms with E-state index in [4.69, 9.17) is 15.2 Å². The van der Waals surface area contributed by atoms with E-state index in [2.05, 4.69) is 10.6 Å². The van der Waals surface area contributed by atoms with Gasteiger partial charge in [0.2, 0.25) is 5.91 Å². The Morgan fingerprint density at radius 2 is 2.00 bits per heavy atom. The molecule has 1 unspecified atom stereocenters. The highest BCUT2D eigenvalue weighted by atomic mass is 32.1. The van der Waals surface area contributed by atoms with Gasteiger partial charge in [0.25, 0.3) is 5.91 Å². The molecule has 2 amide bonds. The maximum absolute atomic E-state index is 13.9. The van der Waals surface area contributed by atoms with Gasteiger partial charge in [0.15, 0.2) is 11.6 Å². The first kappa shape index (κ1) is 23.3. The molecule has 4 N–H and O–H groups in total. The molecule has 0 saturated heterocycles. The average Bonchev–Trinajstić information content (AvgIpc) is 3.02. The molecule has 1 heterocycles. The van der Waals surface area contributed by atoms with Crippen LogP contribution in [0.2, 0.25) is 0 Å². The number of thiophene rings is 1. The van der Waals surface area contributed by atoms with Gasteiger partial charge in [0.1, 0.15) is 5.00 Å². The third-order valence-electron chi connectivity index (χ3n) is 4.35. The van der Waals surface area contributed by atoms with Crippen molar-refractivity contribution in [2.24, 2.45) is 5.73 Å². The summed E-state index contributed by atoms with van der Waals surface area (Å²) in [7, 11) is 1.38. The van der Waals surface area contributed by atoms with E-state index in [1.807, 2.05) is 0 Å². The normalized spacial score (nSPS) is 11.6. The number of ether oxygens (including phenoxy) is 2. The molecule has 10 heteroatoms. The fourth-order valence-electron chi connectivity index (χ4n) is 2.77. The lowest BCUT2D eigenvalue weighted by molar-refractivity contribution is -0.115. The van der Waals surface area contributed by atoms with Gasteiger partial charge in [-0.05, 0) is 44.0 Å². The highest BCUT2D eigenvalue weighted by Gasteiger charge is 2.25. The molecule has 1 atom stereocenters. The summed E-state index contributed by atoms with van der Waals surface area (Å²) in [6.45, 7) is 5.03. The average molecular weight is 437 g/mol. The summed E-state index contributed by atoms with van der Waals surface area (Å²) in [5, 5.41) is 5.79. The van der Waals surface area contributed by atoms with Crippen LogP contribution in [0.3, 0.4) is 0 Å². The van der Waals surface area contributed by atoms with E-state index in [-0.39, 0.29) is 40.4 Å². The van der Waals surface area contributed by atoms with Crippen LogP contribution in [0.1, 0.15) is 51.0 Å². The van der Waals surface area contributed by atoms with Gasteiger partial charge >= 0.3 is 5.97 Å². The zero-order chi connectivity index (χ0) is 22.4. The van der Waals surface area contributed by atoms with E-state index in [9.17, 15) is 18.8 Å². The molecule has 0 saturated carbocycles. The Kier molecular flexibility index (Phi) is 7.90. The van der Waals surface area contributed by atoms with Gasteiger partial charge in [-0.3, -0.25) is 9.59 Å². The second-order valence-corrected chi connectivity index (χ2v) is 7.41. The third-order valence-corrected chi connectivity index (χ3v) is 5.57. The van der Waals surface area contributed by atoms with E-state index in [1.54, 1.807) is 26.8 Å². The van der Waals surface area contributed by atoms with E-state index in [0.29, 0.717) is 11.1 Å². The number of carbonyl (C=O) groups excluding carboxylic acids is 3. The van der Waals surface area contributed by atoms with Crippen LogP contribution in [-0.4, -0.2) is 38.0 Å². The zero-order valence-electron chi connectivity index (χ0n) is 17.1. The molecule has 0 bridgehead atoms. The van der Waals surface area contributed by atoms with E-state index < -0.39 is 23.6 Å². The molecule has 2 aromatic rings. The first-order valence-corrected chi connectivity index (χ1v) is 9.98. The summed E-state index contributed by atoms with van der Waals surface area (Å²) >= 11 is 0.915. The van der Waals surface area contributed by atoms with Crippen molar-refractivity contribution < 1.29 is 28.2 Å². The molecular weight excluding hydrogens is 413 g/mol. The van der Waals surface area contributed by atoms with Crippen molar-refractivity contribution in [2.45, 2.75) is 26.8 Å². The largest absolute Gasteiger partial charge is 0.494 e. The van der Waals surface area contributed by atoms with E-state index >= 15 is 0 Å². The highest BCUT2D eigenvalue weighted by Crippen LogP contribution is 2.33. The summed E-state index contributed by atoms with van der Waals surface area (Å²) in [6.07, 6.45) is 0. The lowest BCUT2D eigenvalue weighted by Crippen LogP contribution is -2.30. The first-order valence-electron chi connectivity index (χ1n) is 9.16. The molecule has 8 nitrogen and oxygen atoms in total. The summed E-state index contributed by atoms with van der Waals surface area (Å²) in [4.78, 5) is 36.5. The fourth-order valence-corrected chi connectivity index (χ4v) is 3.84. The van der Waals surface area contributed by atoms with Gasteiger partial charge < -0.3 is 25.8 Å². The number of nitrogens with one attached hydrogen (secondary N) is 2. The van der Waals surface area contributed by atoms with Crippen molar-refractivity contribution in [3.8, 4) is 5.75 Å². The molecule has 0 fully saturated rings. The number of primary amides is 1. The van der Waals surface area contributed by atoms with Crippen LogP contribution >= 0.6 is 11.3 Å². The molecule has 0 aliphatic heterocycles. The number of rotatable bonds is 9. The van der Waals surface area contributed by atoms with Gasteiger partial charge in [-0.2, -0.15) is 0 Å². The zero-order valence-corrected chi connectivity index (χ0v) is 17.9. The quantitative estimate of drug-likeness (QED) is 0.519. The number of hydrogen-bond donors (Lipinski definition) is 3. The molecule has 0 radical (unpaired) electrons. The van der Waals surface area contributed by atoms with Gasteiger partial charge in [-0.15, -0.1) is 11.3 Å². The minimum atomic E-state index is -0.697. The minimum Gasteiger partial charge on any atom is -0.494 e. The SMILES string of the molecule is CCOC(=O)c1c(NC(=O)CNC(C)c2ccc(OC)c(F)c2)sc(C(N)=O)c1C. The summed E-state index contributed by atoms with van der Waals surface area (Å²) in [5.74, 6) is -2.16. The monoisotopic (exact) mass is 437 g/mol. The molecule has 2 rings (SSSR count). The lowest BCUT2D eigenvalue weighted by Gasteiger charge is -2.15. The Balaban J connectivity index is 2.10. The fraction of sp³-hybridized carbons (Fsp3) is 0.350. The van der Waals surface area contributed by atoms with Crippen LogP contribution in [0.25, 0.3) is 0 Å². The van der Waals surface area contributed by atoms with Crippen molar-refractivity contribution >= 4 is 34.1 Å². The number of esters is 1. The van der Waals surface area contributed by atoms with Crippen molar-refractivity contribution in [3.05, 3.63) is 45.6 Å². The minimum absolute atomic E-state index is 0.106. The lowest BCUT2D eigenvalue weighted by atomic mass is 10.1.